The van der Waals surface area contributed by atoms with Crippen molar-refractivity contribution in [1.29, 1.82) is 0 Å². The van der Waals surface area contributed by atoms with Gasteiger partial charge >= 0.3 is 5.97 Å². The Balaban J connectivity index is 3.14. The molecule has 0 N–H and O–H groups in total. The molecule has 1 aromatic rings. The molecule has 4 nitrogen and oxygen atoms in total. The summed E-state index contributed by atoms with van der Waals surface area (Å²) in [5.41, 5.74) is 2.28. The highest BCUT2D eigenvalue weighted by Crippen LogP contribution is 2.15. The maximum absolute atomic E-state index is 11.4. The first-order valence-corrected chi connectivity index (χ1v) is 4.70. The van der Waals surface area contributed by atoms with Crippen molar-refractivity contribution in [2.75, 3.05) is 7.11 Å². The quantitative estimate of drug-likeness (QED) is 0.704. The van der Waals surface area contributed by atoms with Gasteiger partial charge in [-0.2, -0.15) is 0 Å². The van der Waals surface area contributed by atoms with Crippen LogP contribution in [0.3, 0.4) is 0 Å². The van der Waals surface area contributed by atoms with E-state index in [0.717, 1.165) is 11.3 Å². The van der Waals surface area contributed by atoms with E-state index in [4.69, 9.17) is 0 Å². The van der Waals surface area contributed by atoms with Crippen molar-refractivity contribution >= 4 is 11.8 Å². The molecule has 0 spiro atoms. The van der Waals surface area contributed by atoms with Crippen LogP contribution in [-0.4, -0.2) is 23.4 Å². The third kappa shape index (κ3) is 2.26. The molecule has 82 valence electrons. The molecular weight excluding hydrogens is 194 g/mol. The van der Waals surface area contributed by atoms with Crippen LogP contribution in [0.25, 0.3) is 0 Å². The van der Waals surface area contributed by atoms with Gasteiger partial charge < -0.3 is 9.30 Å². The molecule has 0 fully saturated rings. The number of nitrogens with zero attached hydrogens (tertiary/aromatic N) is 1. The summed E-state index contributed by atoms with van der Waals surface area (Å²) in [6.45, 7) is 3.41. The van der Waals surface area contributed by atoms with Gasteiger partial charge in [-0.15, -0.1) is 0 Å². The van der Waals surface area contributed by atoms with Gasteiger partial charge in [-0.1, -0.05) is 0 Å². The fourth-order valence-corrected chi connectivity index (χ4v) is 1.59. The molecule has 0 aliphatic carbocycles. The van der Waals surface area contributed by atoms with Gasteiger partial charge in [-0.3, -0.25) is 4.79 Å². The van der Waals surface area contributed by atoms with E-state index in [-0.39, 0.29) is 11.8 Å². The molecule has 0 aliphatic rings. The first-order valence-electron chi connectivity index (χ1n) is 4.70. The Morgan fingerprint density at radius 3 is 2.53 bits per heavy atom. The maximum atomic E-state index is 11.4. The SMILES string of the molecule is COC(=O)c1cc(C)c(CC(C)=O)n1C. The number of esters is 1. The summed E-state index contributed by atoms with van der Waals surface area (Å²) in [6.07, 6.45) is 0.347. The average Bonchev–Trinajstić information content (AvgIpc) is 2.44. The van der Waals surface area contributed by atoms with Crippen molar-refractivity contribution in [3.63, 3.8) is 0 Å². The summed E-state index contributed by atoms with van der Waals surface area (Å²) >= 11 is 0. The number of hydrogen-bond acceptors (Lipinski definition) is 3. The zero-order chi connectivity index (χ0) is 11.6. The molecule has 15 heavy (non-hydrogen) atoms. The molecule has 0 radical (unpaired) electrons. The lowest BCUT2D eigenvalue weighted by Gasteiger charge is -2.05. The minimum absolute atomic E-state index is 0.0794. The van der Waals surface area contributed by atoms with Gasteiger partial charge in [0.05, 0.1) is 7.11 Å². The van der Waals surface area contributed by atoms with Crippen molar-refractivity contribution in [1.82, 2.24) is 4.57 Å². The van der Waals surface area contributed by atoms with Gasteiger partial charge in [0.25, 0.3) is 0 Å². The van der Waals surface area contributed by atoms with E-state index in [9.17, 15) is 9.59 Å². The van der Waals surface area contributed by atoms with Crippen molar-refractivity contribution in [2.24, 2.45) is 7.05 Å². The smallest absolute Gasteiger partial charge is 0.354 e. The Hall–Kier alpha value is -1.58. The topological polar surface area (TPSA) is 48.3 Å². The molecule has 0 saturated heterocycles. The highest BCUT2D eigenvalue weighted by Gasteiger charge is 2.16. The van der Waals surface area contributed by atoms with Crippen LogP contribution in [0.15, 0.2) is 6.07 Å². The van der Waals surface area contributed by atoms with Crippen LogP contribution >= 0.6 is 0 Å². The number of ketones is 1. The van der Waals surface area contributed by atoms with Gasteiger partial charge in [-0.25, -0.2) is 4.79 Å². The molecule has 0 unspecified atom stereocenters. The van der Waals surface area contributed by atoms with Crippen LogP contribution in [-0.2, 0) is 23.0 Å². The number of Topliss-reactive ketones (excluding diaryl/α,β-unsaturated/α-hetero) is 1. The van der Waals surface area contributed by atoms with Crippen LogP contribution in [0, 0.1) is 6.92 Å². The second-order valence-corrected chi connectivity index (χ2v) is 3.59. The van der Waals surface area contributed by atoms with Crippen LogP contribution in [0.4, 0.5) is 0 Å². The second-order valence-electron chi connectivity index (χ2n) is 3.59. The predicted octanol–water partition coefficient (Wildman–Crippen LogP) is 1.25. The van der Waals surface area contributed by atoms with E-state index in [2.05, 4.69) is 4.74 Å². The Labute approximate surface area is 88.8 Å². The lowest BCUT2D eigenvalue weighted by Crippen LogP contribution is -2.11. The molecule has 0 aliphatic heterocycles. The monoisotopic (exact) mass is 209 g/mol. The molecule has 1 heterocycles. The number of rotatable bonds is 3. The first kappa shape index (κ1) is 11.5. The average molecular weight is 209 g/mol. The van der Waals surface area contributed by atoms with E-state index in [0.29, 0.717) is 12.1 Å². The molecule has 1 aromatic heterocycles. The Morgan fingerprint density at radius 2 is 2.07 bits per heavy atom. The zero-order valence-electron chi connectivity index (χ0n) is 9.46. The summed E-state index contributed by atoms with van der Waals surface area (Å²) < 4.78 is 6.36. The zero-order valence-corrected chi connectivity index (χ0v) is 9.46. The molecule has 0 aromatic carbocycles. The summed E-state index contributed by atoms with van der Waals surface area (Å²) in [5, 5.41) is 0. The number of aromatic nitrogens is 1. The summed E-state index contributed by atoms with van der Waals surface area (Å²) in [7, 11) is 3.10. The lowest BCUT2D eigenvalue weighted by atomic mass is 10.2. The molecule has 1 rings (SSSR count). The number of ether oxygens (including phenoxy) is 1. The number of hydrogen-bond donors (Lipinski definition) is 0. The van der Waals surface area contributed by atoms with Crippen LogP contribution in [0.2, 0.25) is 0 Å². The largest absolute Gasteiger partial charge is 0.464 e. The fraction of sp³-hybridized carbons (Fsp3) is 0.455. The van der Waals surface area contributed by atoms with E-state index < -0.39 is 0 Å². The molecule has 0 amide bonds. The highest BCUT2D eigenvalue weighted by molar-refractivity contribution is 5.88. The van der Waals surface area contributed by atoms with Gasteiger partial charge in [0.2, 0.25) is 0 Å². The van der Waals surface area contributed by atoms with Crippen LogP contribution < -0.4 is 0 Å². The molecular formula is C11H15NO3. The van der Waals surface area contributed by atoms with Crippen molar-refractivity contribution in [3.05, 3.63) is 23.0 Å². The molecule has 0 saturated carbocycles. The van der Waals surface area contributed by atoms with Gasteiger partial charge in [0, 0.05) is 19.2 Å². The number of carbonyl (C=O) groups excluding carboxylic acids is 2. The normalized spacial score (nSPS) is 10.1. The van der Waals surface area contributed by atoms with Gasteiger partial charge in [-0.05, 0) is 25.5 Å². The third-order valence-corrected chi connectivity index (χ3v) is 2.39. The number of aryl methyl sites for hydroxylation is 1. The third-order valence-electron chi connectivity index (χ3n) is 2.39. The Morgan fingerprint density at radius 1 is 1.47 bits per heavy atom. The first-order chi connectivity index (χ1) is 6.97. The number of carbonyl (C=O) groups is 2. The highest BCUT2D eigenvalue weighted by atomic mass is 16.5. The summed E-state index contributed by atoms with van der Waals surface area (Å²) in [4.78, 5) is 22.4. The summed E-state index contributed by atoms with van der Waals surface area (Å²) in [5.74, 6) is -0.300. The van der Waals surface area contributed by atoms with Crippen molar-refractivity contribution in [2.45, 2.75) is 20.3 Å². The van der Waals surface area contributed by atoms with Crippen LogP contribution in [0.5, 0.6) is 0 Å². The van der Waals surface area contributed by atoms with E-state index in [1.54, 1.807) is 17.7 Å². The standard InChI is InChI=1S/C11H15NO3/c1-7-5-10(11(14)15-4)12(3)9(7)6-8(2)13/h5H,6H2,1-4H3. The van der Waals surface area contributed by atoms with E-state index in [1.165, 1.54) is 14.0 Å². The molecule has 4 heteroatoms. The summed E-state index contributed by atoms with van der Waals surface area (Å²) in [6, 6.07) is 1.74. The van der Waals surface area contributed by atoms with Crippen molar-refractivity contribution in [3.8, 4) is 0 Å². The van der Waals surface area contributed by atoms with Gasteiger partial charge in [0.15, 0.2) is 0 Å². The predicted molar refractivity (Wildman–Crippen MR) is 55.9 cm³/mol. The minimum atomic E-state index is -0.379. The van der Waals surface area contributed by atoms with E-state index in [1.807, 2.05) is 6.92 Å². The number of methoxy groups -OCH3 is 1. The minimum Gasteiger partial charge on any atom is -0.464 e. The Kier molecular flexibility index (Phi) is 3.29. The molecule has 0 bridgehead atoms. The second kappa shape index (κ2) is 4.29. The van der Waals surface area contributed by atoms with E-state index >= 15 is 0 Å². The lowest BCUT2D eigenvalue weighted by molar-refractivity contribution is -0.116. The van der Waals surface area contributed by atoms with Crippen LogP contribution in [0.1, 0.15) is 28.7 Å². The molecule has 0 atom stereocenters. The maximum Gasteiger partial charge on any atom is 0.354 e. The Bertz CT molecular complexity index is 404. The van der Waals surface area contributed by atoms with Gasteiger partial charge in [0.1, 0.15) is 11.5 Å². The van der Waals surface area contributed by atoms with Crippen molar-refractivity contribution < 1.29 is 14.3 Å². The fourth-order valence-electron chi connectivity index (χ4n) is 1.59.